The zero-order valence-electron chi connectivity index (χ0n) is 24.7. The maximum Gasteiger partial charge on any atom is 0.326 e. The predicted octanol–water partition coefficient (Wildman–Crippen LogP) is 6.26. The Kier molecular flexibility index (Phi) is 9.59. The number of aliphatic hydroxyl groups excluding tert-OH is 1. The molecule has 0 radical (unpaired) electrons. The van der Waals surface area contributed by atoms with Crippen LogP contribution in [0.1, 0.15) is 54.9 Å². The van der Waals surface area contributed by atoms with E-state index in [4.69, 9.17) is 44.3 Å². The standard InChI is InChI=1S/C33H35Cl3N4O5/c1-20-28(18-39-15-13-25(14-16-39)40-27-8-3-2-7-26(27)38-32(40)43)44-30(45-29(20)22-11-9-21(19-41)10-12-22)23-5-4-6-24(17-23)37-31(42)33(34,35)36/h2-12,17,20,25,28-30,41H,13-16,18-19H2,1H3,(H,37,42)(H,38,43). The Morgan fingerprint density at radius 3 is 2.44 bits per heavy atom. The number of carbonyl (C=O) groups excluding carboxylic acids is 1. The average molecular weight is 674 g/mol. The van der Waals surface area contributed by atoms with Crippen molar-refractivity contribution in [1.82, 2.24) is 14.5 Å². The highest BCUT2D eigenvalue weighted by Gasteiger charge is 2.40. The van der Waals surface area contributed by atoms with Gasteiger partial charge in [-0.1, -0.05) is 90.3 Å². The summed E-state index contributed by atoms with van der Waals surface area (Å²) in [6.07, 6.45) is 0.501. The van der Waals surface area contributed by atoms with Gasteiger partial charge in [-0.05, 0) is 48.2 Å². The number of rotatable bonds is 7. The molecular weight excluding hydrogens is 639 g/mol. The van der Waals surface area contributed by atoms with E-state index in [1.54, 1.807) is 18.2 Å². The van der Waals surface area contributed by atoms with Gasteiger partial charge in [0.25, 0.3) is 9.70 Å². The van der Waals surface area contributed by atoms with E-state index in [1.807, 2.05) is 59.2 Å². The molecule has 2 saturated heterocycles. The number of hydrogen-bond acceptors (Lipinski definition) is 6. The number of piperidine rings is 1. The lowest BCUT2D eigenvalue weighted by Gasteiger charge is -2.44. The Hall–Kier alpha value is -2.89. The fraction of sp³-hybridized carbons (Fsp3) is 0.394. The van der Waals surface area contributed by atoms with Crippen LogP contribution >= 0.6 is 34.8 Å². The van der Waals surface area contributed by atoms with Crippen LogP contribution < -0.4 is 11.0 Å². The number of para-hydroxylation sites is 2. The summed E-state index contributed by atoms with van der Waals surface area (Å²) >= 11 is 17.3. The van der Waals surface area contributed by atoms with Crippen molar-refractivity contribution in [2.24, 2.45) is 5.92 Å². The molecule has 1 aromatic heterocycles. The van der Waals surface area contributed by atoms with Gasteiger partial charge in [0, 0.05) is 42.8 Å². The molecule has 9 nitrogen and oxygen atoms in total. The molecule has 3 N–H and O–H groups in total. The average Bonchev–Trinajstić information content (AvgIpc) is 3.37. The zero-order chi connectivity index (χ0) is 31.7. The van der Waals surface area contributed by atoms with Gasteiger partial charge in [0.2, 0.25) is 0 Å². The van der Waals surface area contributed by atoms with Crippen molar-refractivity contribution in [3.8, 4) is 0 Å². The van der Waals surface area contributed by atoms with Crippen molar-refractivity contribution < 1.29 is 19.4 Å². The molecule has 0 saturated carbocycles. The van der Waals surface area contributed by atoms with E-state index in [1.165, 1.54) is 0 Å². The molecule has 0 aliphatic carbocycles. The van der Waals surface area contributed by atoms with Crippen LogP contribution in [0.3, 0.4) is 0 Å². The molecule has 2 fully saturated rings. The highest BCUT2D eigenvalue weighted by atomic mass is 35.6. The van der Waals surface area contributed by atoms with Gasteiger partial charge in [-0.25, -0.2) is 4.79 Å². The first kappa shape index (κ1) is 32.1. The number of ether oxygens (including phenoxy) is 2. The van der Waals surface area contributed by atoms with E-state index in [0.717, 1.165) is 48.1 Å². The first-order valence-corrected chi connectivity index (χ1v) is 16.1. The summed E-state index contributed by atoms with van der Waals surface area (Å²) in [4.78, 5) is 30.5. The van der Waals surface area contributed by atoms with Crippen molar-refractivity contribution in [3.63, 3.8) is 0 Å². The second-order valence-corrected chi connectivity index (χ2v) is 14.0. The summed E-state index contributed by atoms with van der Waals surface area (Å²) in [5.74, 6) is -0.760. The van der Waals surface area contributed by atoms with Crippen LogP contribution in [0.25, 0.3) is 11.0 Å². The fourth-order valence-electron chi connectivity index (χ4n) is 6.34. The van der Waals surface area contributed by atoms with Crippen molar-refractivity contribution in [3.05, 3.63) is 100.0 Å². The van der Waals surface area contributed by atoms with Gasteiger partial charge >= 0.3 is 5.69 Å². The van der Waals surface area contributed by atoms with Gasteiger partial charge in [-0.15, -0.1) is 0 Å². The van der Waals surface area contributed by atoms with Crippen LogP contribution in [0.5, 0.6) is 0 Å². The Bertz CT molecular complexity index is 1690. The zero-order valence-corrected chi connectivity index (χ0v) is 26.9. The van der Waals surface area contributed by atoms with Crippen LogP contribution in [0.2, 0.25) is 0 Å². The molecule has 2 aliphatic heterocycles. The lowest BCUT2D eigenvalue weighted by atomic mass is 9.89. The van der Waals surface area contributed by atoms with Gasteiger partial charge in [0.1, 0.15) is 0 Å². The number of aromatic nitrogens is 2. The van der Waals surface area contributed by atoms with Crippen LogP contribution in [-0.2, 0) is 20.9 Å². The highest BCUT2D eigenvalue weighted by molar-refractivity contribution is 6.76. The van der Waals surface area contributed by atoms with Crippen LogP contribution in [0.15, 0.2) is 77.6 Å². The molecule has 4 unspecified atom stereocenters. The first-order chi connectivity index (χ1) is 21.6. The number of nitrogens with zero attached hydrogens (tertiary/aromatic N) is 2. The number of amides is 1. The van der Waals surface area contributed by atoms with Gasteiger partial charge in [-0.2, -0.15) is 0 Å². The second-order valence-electron chi connectivity index (χ2n) is 11.7. The summed E-state index contributed by atoms with van der Waals surface area (Å²) in [7, 11) is 0. The number of nitrogens with one attached hydrogen (secondary N) is 2. The number of imidazole rings is 1. The molecule has 45 heavy (non-hydrogen) atoms. The number of hydrogen-bond donors (Lipinski definition) is 3. The predicted molar refractivity (Wildman–Crippen MR) is 176 cm³/mol. The molecule has 3 heterocycles. The molecule has 4 aromatic rings. The third-order valence-electron chi connectivity index (χ3n) is 8.78. The molecule has 4 atom stereocenters. The van der Waals surface area contributed by atoms with Gasteiger partial charge in [0.15, 0.2) is 6.29 Å². The highest BCUT2D eigenvalue weighted by Crippen LogP contribution is 2.42. The maximum atomic E-state index is 12.8. The van der Waals surface area contributed by atoms with Crippen LogP contribution in [-0.4, -0.2) is 55.0 Å². The summed E-state index contributed by atoms with van der Waals surface area (Å²) in [6.45, 7) is 4.42. The number of carbonyl (C=O) groups is 1. The van der Waals surface area contributed by atoms with Crippen molar-refractivity contribution in [1.29, 1.82) is 0 Å². The lowest BCUT2D eigenvalue weighted by Crippen LogP contribution is -2.47. The Labute approximate surface area is 276 Å². The minimum atomic E-state index is -2.10. The molecule has 238 valence electrons. The summed E-state index contributed by atoms with van der Waals surface area (Å²) in [5, 5.41) is 12.2. The fourth-order valence-corrected chi connectivity index (χ4v) is 6.49. The monoisotopic (exact) mass is 672 g/mol. The van der Waals surface area contributed by atoms with E-state index < -0.39 is 16.0 Å². The normalized spacial score (nSPS) is 23.3. The molecule has 6 rings (SSSR count). The summed E-state index contributed by atoms with van der Waals surface area (Å²) in [6, 6.07) is 22.8. The van der Waals surface area contributed by atoms with Crippen molar-refractivity contribution in [2.45, 2.75) is 54.7 Å². The number of anilines is 1. The van der Waals surface area contributed by atoms with E-state index in [-0.39, 0.29) is 36.5 Å². The Balaban J connectivity index is 1.20. The number of fused-ring (bicyclic) bond motifs is 1. The molecule has 3 aromatic carbocycles. The third kappa shape index (κ3) is 7.10. The number of likely N-dealkylation sites (tertiary alicyclic amines) is 1. The van der Waals surface area contributed by atoms with Crippen molar-refractivity contribution >= 4 is 57.4 Å². The second kappa shape index (κ2) is 13.5. The van der Waals surface area contributed by atoms with E-state index in [0.29, 0.717) is 17.8 Å². The van der Waals surface area contributed by atoms with Crippen LogP contribution in [0.4, 0.5) is 5.69 Å². The van der Waals surface area contributed by atoms with Crippen molar-refractivity contribution in [2.75, 3.05) is 25.0 Å². The summed E-state index contributed by atoms with van der Waals surface area (Å²) < 4.78 is 13.0. The Morgan fingerprint density at radius 1 is 1.00 bits per heavy atom. The third-order valence-corrected chi connectivity index (χ3v) is 9.30. The molecule has 0 bridgehead atoms. The maximum absolute atomic E-state index is 12.8. The van der Waals surface area contributed by atoms with Crippen LogP contribution in [0, 0.1) is 5.92 Å². The van der Waals surface area contributed by atoms with Gasteiger partial charge in [-0.3, -0.25) is 9.36 Å². The molecule has 1 amide bonds. The summed E-state index contributed by atoms with van der Waals surface area (Å²) in [5.41, 5.74) is 4.69. The number of aliphatic hydroxyl groups is 1. The lowest BCUT2D eigenvalue weighted by molar-refractivity contribution is -0.276. The largest absolute Gasteiger partial charge is 0.392 e. The van der Waals surface area contributed by atoms with E-state index in [2.05, 4.69) is 22.1 Å². The Morgan fingerprint density at radius 2 is 1.73 bits per heavy atom. The number of halogens is 3. The minimum Gasteiger partial charge on any atom is -0.392 e. The van der Waals surface area contributed by atoms with E-state index >= 15 is 0 Å². The molecule has 2 aliphatic rings. The number of H-pyrrole nitrogens is 1. The first-order valence-electron chi connectivity index (χ1n) is 15.0. The molecule has 12 heteroatoms. The quantitative estimate of drug-likeness (QED) is 0.200. The van der Waals surface area contributed by atoms with E-state index in [9.17, 15) is 14.7 Å². The topological polar surface area (TPSA) is 109 Å². The van der Waals surface area contributed by atoms with Gasteiger partial charge < -0.3 is 29.8 Å². The minimum absolute atomic E-state index is 0.00225. The molecule has 0 spiro atoms. The SMILES string of the molecule is CC1C(CN2CCC(n3c(=O)[nH]c4ccccc43)CC2)OC(c2cccc(NC(=O)C(Cl)(Cl)Cl)c2)OC1c1ccc(CO)cc1. The molecular formula is C33H35Cl3N4O5. The smallest absolute Gasteiger partial charge is 0.326 e. The van der Waals surface area contributed by atoms with Gasteiger partial charge in [0.05, 0.1) is 29.8 Å². The number of alkyl halides is 3. The number of aromatic amines is 1. The number of benzene rings is 3.